The van der Waals surface area contributed by atoms with Gasteiger partial charge in [0.15, 0.2) is 5.82 Å². The number of benzene rings is 3. The molecule has 32 heavy (non-hydrogen) atoms. The molecular weight excluding hydrogens is 400 g/mol. The molecule has 7 heteroatoms. The van der Waals surface area contributed by atoms with E-state index in [9.17, 15) is 0 Å². The molecule has 0 unspecified atom stereocenters. The van der Waals surface area contributed by atoms with Gasteiger partial charge in [0.25, 0.3) is 0 Å². The maximum atomic E-state index is 5.58. The lowest BCUT2D eigenvalue weighted by Gasteiger charge is -2.14. The number of aryl methyl sites for hydroxylation is 1. The summed E-state index contributed by atoms with van der Waals surface area (Å²) in [6.07, 6.45) is 0. The number of fused-ring (bicyclic) bond motifs is 1. The van der Waals surface area contributed by atoms with Gasteiger partial charge in [0, 0.05) is 17.1 Å². The summed E-state index contributed by atoms with van der Waals surface area (Å²) >= 11 is 0. The molecule has 0 saturated heterocycles. The van der Waals surface area contributed by atoms with Crippen LogP contribution in [0.4, 0.5) is 23.3 Å². The summed E-state index contributed by atoms with van der Waals surface area (Å²) in [7, 11) is 1.65. The zero-order valence-electron chi connectivity index (χ0n) is 17.8. The number of nitrogens with one attached hydrogen (secondary N) is 3. The van der Waals surface area contributed by atoms with Gasteiger partial charge in [-0.3, -0.25) is 5.10 Å². The molecule has 0 spiro atoms. The van der Waals surface area contributed by atoms with E-state index in [1.807, 2.05) is 73.7 Å². The van der Waals surface area contributed by atoms with Crippen LogP contribution in [0.5, 0.6) is 5.75 Å². The Kier molecular flexibility index (Phi) is 5.13. The summed E-state index contributed by atoms with van der Waals surface area (Å²) in [6, 6.07) is 26.0. The molecule has 2 heterocycles. The Morgan fingerprint density at radius 1 is 0.812 bits per heavy atom. The second-order valence-corrected chi connectivity index (χ2v) is 7.38. The predicted molar refractivity (Wildman–Crippen MR) is 128 cm³/mol. The smallest absolute Gasteiger partial charge is 0.229 e. The maximum Gasteiger partial charge on any atom is 0.229 e. The number of ether oxygens (including phenoxy) is 1. The highest BCUT2D eigenvalue weighted by molar-refractivity contribution is 5.92. The summed E-state index contributed by atoms with van der Waals surface area (Å²) in [5.74, 6) is 2.53. The minimum Gasteiger partial charge on any atom is -0.495 e. The summed E-state index contributed by atoms with van der Waals surface area (Å²) in [6.45, 7) is 1.95. The third kappa shape index (κ3) is 3.96. The Morgan fingerprint density at radius 3 is 2.41 bits per heavy atom. The molecule has 0 aliphatic heterocycles. The third-order valence-corrected chi connectivity index (χ3v) is 5.11. The molecule has 0 aliphatic carbocycles. The van der Waals surface area contributed by atoms with Crippen molar-refractivity contribution in [1.82, 2.24) is 20.2 Å². The van der Waals surface area contributed by atoms with E-state index < -0.39 is 0 Å². The number of aromatic amines is 1. The van der Waals surface area contributed by atoms with Crippen molar-refractivity contribution in [2.24, 2.45) is 0 Å². The number of H-pyrrole nitrogens is 1. The normalized spacial score (nSPS) is 10.8. The molecule has 0 amide bonds. The van der Waals surface area contributed by atoms with Crippen molar-refractivity contribution in [2.45, 2.75) is 6.92 Å². The average Bonchev–Trinajstić information content (AvgIpc) is 3.24. The first-order valence-electron chi connectivity index (χ1n) is 10.3. The molecule has 2 aromatic heterocycles. The van der Waals surface area contributed by atoms with Gasteiger partial charge in [-0.1, -0.05) is 48.5 Å². The van der Waals surface area contributed by atoms with Gasteiger partial charge in [-0.2, -0.15) is 10.1 Å². The molecular formula is C25H22N6O. The fourth-order valence-electron chi connectivity index (χ4n) is 3.57. The topological polar surface area (TPSA) is 87.8 Å². The molecule has 0 radical (unpaired) electrons. The van der Waals surface area contributed by atoms with Crippen LogP contribution in [0.1, 0.15) is 5.69 Å². The van der Waals surface area contributed by atoms with E-state index in [4.69, 9.17) is 14.7 Å². The molecule has 0 aliphatic rings. The van der Waals surface area contributed by atoms with E-state index in [1.54, 1.807) is 7.11 Å². The first-order valence-corrected chi connectivity index (χ1v) is 10.3. The van der Waals surface area contributed by atoms with E-state index >= 15 is 0 Å². The van der Waals surface area contributed by atoms with Crippen LogP contribution >= 0.6 is 0 Å². The van der Waals surface area contributed by atoms with Crippen molar-refractivity contribution in [3.63, 3.8) is 0 Å². The van der Waals surface area contributed by atoms with Crippen molar-refractivity contribution in [2.75, 3.05) is 17.7 Å². The molecule has 158 valence electrons. The van der Waals surface area contributed by atoms with Crippen LogP contribution in [0.3, 0.4) is 0 Å². The molecule has 7 nitrogen and oxygen atoms in total. The van der Waals surface area contributed by atoms with E-state index in [1.165, 1.54) is 0 Å². The number of aromatic nitrogens is 4. The monoisotopic (exact) mass is 422 g/mol. The third-order valence-electron chi connectivity index (χ3n) is 5.11. The van der Waals surface area contributed by atoms with Crippen LogP contribution in [-0.2, 0) is 0 Å². The Balaban J connectivity index is 1.55. The second kappa shape index (κ2) is 8.39. The molecule has 3 aromatic carbocycles. The summed E-state index contributed by atoms with van der Waals surface area (Å²) in [5, 5.41) is 14.8. The van der Waals surface area contributed by atoms with Gasteiger partial charge in [-0.15, -0.1) is 0 Å². The van der Waals surface area contributed by atoms with E-state index in [2.05, 4.69) is 33.0 Å². The predicted octanol–water partition coefficient (Wildman–Crippen LogP) is 5.82. The summed E-state index contributed by atoms with van der Waals surface area (Å²) < 4.78 is 5.58. The molecule has 0 fully saturated rings. The summed E-state index contributed by atoms with van der Waals surface area (Å²) in [5.41, 5.74) is 4.75. The number of nitrogens with zero attached hydrogens (tertiary/aromatic N) is 3. The van der Waals surface area contributed by atoms with E-state index in [0.717, 1.165) is 33.4 Å². The minimum atomic E-state index is 0.460. The van der Waals surface area contributed by atoms with E-state index in [0.29, 0.717) is 23.3 Å². The lowest BCUT2D eigenvalue weighted by atomic mass is 10.0. The second-order valence-electron chi connectivity index (χ2n) is 7.38. The minimum absolute atomic E-state index is 0.460. The van der Waals surface area contributed by atoms with Gasteiger partial charge in [0.1, 0.15) is 11.6 Å². The molecule has 5 aromatic rings. The molecule has 0 saturated carbocycles. The van der Waals surface area contributed by atoms with Crippen LogP contribution in [0.25, 0.3) is 22.0 Å². The average molecular weight is 422 g/mol. The van der Waals surface area contributed by atoms with Crippen LogP contribution in [0.2, 0.25) is 0 Å². The summed E-state index contributed by atoms with van der Waals surface area (Å²) in [4.78, 5) is 9.45. The fraction of sp³-hybridized carbons (Fsp3) is 0.0800. The highest BCUT2D eigenvalue weighted by Gasteiger charge is 2.12. The SMILES string of the molecule is COc1ccc(-c2ccccc2)cc1Nc1nc(Nc2cc(C)[nH]n2)c2ccccc2n1. The first kappa shape index (κ1) is 19.6. The largest absolute Gasteiger partial charge is 0.495 e. The van der Waals surface area contributed by atoms with Gasteiger partial charge in [-0.05, 0) is 42.3 Å². The van der Waals surface area contributed by atoms with Gasteiger partial charge >= 0.3 is 0 Å². The van der Waals surface area contributed by atoms with Gasteiger partial charge in [0.2, 0.25) is 5.95 Å². The zero-order chi connectivity index (χ0) is 21.9. The van der Waals surface area contributed by atoms with Gasteiger partial charge < -0.3 is 15.4 Å². The number of rotatable bonds is 6. The number of anilines is 4. The Hall–Kier alpha value is -4.39. The number of hydrogen-bond donors (Lipinski definition) is 3. The quantitative estimate of drug-likeness (QED) is 0.319. The highest BCUT2D eigenvalue weighted by atomic mass is 16.5. The molecule has 0 atom stereocenters. The van der Waals surface area contributed by atoms with Crippen LogP contribution in [0.15, 0.2) is 78.9 Å². The lowest BCUT2D eigenvalue weighted by molar-refractivity contribution is 0.417. The zero-order valence-corrected chi connectivity index (χ0v) is 17.8. The fourth-order valence-corrected chi connectivity index (χ4v) is 3.57. The van der Waals surface area contributed by atoms with Crippen LogP contribution < -0.4 is 15.4 Å². The van der Waals surface area contributed by atoms with Crippen molar-refractivity contribution in [3.8, 4) is 16.9 Å². The van der Waals surface area contributed by atoms with Gasteiger partial charge in [-0.25, -0.2) is 4.98 Å². The highest BCUT2D eigenvalue weighted by Crippen LogP contribution is 2.33. The van der Waals surface area contributed by atoms with Crippen molar-refractivity contribution in [1.29, 1.82) is 0 Å². The number of hydrogen-bond acceptors (Lipinski definition) is 6. The molecule has 3 N–H and O–H groups in total. The van der Waals surface area contributed by atoms with Crippen LogP contribution in [0, 0.1) is 6.92 Å². The molecule has 0 bridgehead atoms. The van der Waals surface area contributed by atoms with Crippen molar-refractivity contribution >= 4 is 34.2 Å². The Labute approximate surface area is 185 Å². The van der Waals surface area contributed by atoms with Crippen molar-refractivity contribution < 1.29 is 4.74 Å². The van der Waals surface area contributed by atoms with Crippen LogP contribution in [-0.4, -0.2) is 27.3 Å². The maximum absolute atomic E-state index is 5.58. The first-order chi connectivity index (χ1) is 15.7. The Morgan fingerprint density at radius 2 is 1.62 bits per heavy atom. The standard InChI is InChI=1S/C25H22N6O/c1-16-14-23(31-30-16)28-24-19-10-6-7-11-20(19)26-25(29-24)27-21-15-18(12-13-22(21)32-2)17-8-4-3-5-9-17/h3-15H,1-2H3,(H3,26,27,28,29,30,31). The number of methoxy groups -OCH3 is 1. The lowest BCUT2D eigenvalue weighted by Crippen LogP contribution is -2.03. The number of para-hydroxylation sites is 1. The Bertz CT molecular complexity index is 1380. The van der Waals surface area contributed by atoms with Gasteiger partial charge in [0.05, 0.1) is 18.3 Å². The van der Waals surface area contributed by atoms with Crippen molar-refractivity contribution in [3.05, 3.63) is 84.6 Å². The molecule has 5 rings (SSSR count). The van der Waals surface area contributed by atoms with E-state index in [-0.39, 0.29) is 0 Å².